The summed E-state index contributed by atoms with van der Waals surface area (Å²) in [7, 11) is 1.91. The van der Waals surface area contributed by atoms with Crippen LogP contribution in [0, 0.1) is 5.92 Å². The fraction of sp³-hybridized carbons (Fsp3) is 0.346. The average molecular weight is 441 g/mol. The van der Waals surface area contributed by atoms with Crippen molar-refractivity contribution < 1.29 is 4.79 Å². The summed E-state index contributed by atoms with van der Waals surface area (Å²) in [5.41, 5.74) is 4.47. The Balaban J connectivity index is 1.18. The number of hydrogen-bond donors (Lipinski definition) is 1. The van der Waals surface area contributed by atoms with Crippen LogP contribution in [0.1, 0.15) is 16.8 Å². The third-order valence-corrected chi connectivity index (χ3v) is 6.92. The smallest absolute Gasteiger partial charge is 0.229 e. The molecular weight excluding hydrogens is 412 g/mol. The van der Waals surface area contributed by atoms with Crippen molar-refractivity contribution in [3.8, 4) is 0 Å². The lowest BCUT2D eigenvalue weighted by Gasteiger charge is -2.42. The second-order valence-corrected chi connectivity index (χ2v) is 9.19. The number of nitrogens with one attached hydrogen (secondary N) is 1. The third-order valence-electron chi connectivity index (χ3n) is 6.92. The zero-order valence-corrected chi connectivity index (χ0v) is 18.9. The Morgan fingerprint density at radius 3 is 2.79 bits per heavy atom. The summed E-state index contributed by atoms with van der Waals surface area (Å²) in [4.78, 5) is 22.2. The van der Waals surface area contributed by atoms with Crippen LogP contribution >= 0.6 is 0 Å². The number of carbonyl (C=O) groups excluding carboxylic acids is 1. The standard InChI is InChI=1S/C26H28N6O/c1-30(15-18-6-7-19-4-2-3-5-20(19)14-18)26(33)21-16-31(17-21)25-22-8-11-27-12-9-23(22)29-24-10-13-28-32(24)25/h2-7,10,13-14,21,27H,8-9,11-12,15-17H2,1H3. The Kier molecular flexibility index (Phi) is 4.99. The van der Waals surface area contributed by atoms with Crippen LogP contribution in [0.25, 0.3) is 16.4 Å². The Hall–Kier alpha value is -3.45. The molecular formula is C26H28N6O. The van der Waals surface area contributed by atoms with E-state index in [1.807, 2.05) is 28.7 Å². The number of carbonyl (C=O) groups is 1. The first-order valence-corrected chi connectivity index (χ1v) is 11.7. The monoisotopic (exact) mass is 440 g/mol. The molecule has 1 N–H and O–H groups in total. The van der Waals surface area contributed by atoms with Gasteiger partial charge in [0.1, 0.15) is 5.82 Å². The summed E-state index contributed by atoms with van der Waals surface area (Å²) in [6.45, 7) is 3.96. The van der Waals surface area contributed by atoms with Gasteiger partial charge in [-0.2, -0.15) is 9.61 Å². The van der Waals surface area contributed by atoms with Gasteiger partial charge in [0.2, 0.25) is 5.91 Å². The second-order valence-electron chi connectivity index (χ2n) is 9.19. The summed E-state index contributed by atoms with van der Waals surface area (Å²) in [6.07, 6.45) is 3.67. The van der Waals surface area contributed by atoms with Crippen molar-refractivity contribution in [1.29, 1.82) is 0 Å². The van der Waals surface area contributed by atoms with Gasteiger partial charge < -0.3 is 15.1 Å². The molecule has 0 saturated carbocycles. The van der Waals surface area contributed by atoms with Gasteiger partial charge in [-0.3, -0.25) is 4.79 Å². The molecule has 0 radical (unpaired) electrons. The zero-order chi connectivity index (χ0) is 22.4. The van der Waals surface area contributed by atoms with E-state index in [4.69, 9.17) is 4.98 Å². The largest absolute Gasteiger partial charge is 0.354 e. The fourth-order valence-electron chi connectivity index (χ4n) is 5.15. The first kappa shape index (κ1) is 20.2. The van der Waals surface area contributed by atoms with Crippen molar-refractivity contribution in [3.63, 3.8) is 0 Å². The average Bonchev–Trinajstić information content (AvgIpc) is 3.14. The predicted molar refractivity (Wildman–Crippen MR) is 129 cm³/mol. The molecule has 168 valence electrons. The van der Waals surface area contributed by atoms with E-state index in [0.717, 1.165) is 61.7 Å². The van der Waals surface area contributed by atoms with Crippen LogP contribution < -0.4 is 10.2 Å². The van der Waals surface area contributed by atoms with E-state index < -0.39 is 0 Å². The van der Waals surface area contributed by atoms with Crippen LogP contribution in [0.5, 0.6) is 0 Å². The van der Waals surface area contributed by atoms with E-state index in [1.165, 1.54) is 16.3 Å². The quantitative estimate of drug-likeness (QED) is 0.529. The van der Waals surface area contributed by atoms with Crippen LogP contribution in [-0.4, -0.2) is 58.6 Å². The summed E-state index contributed by atoms with van der Waals surface area (Å²) in [6, 6.07) is 16.7. The Labute approximate surface area is 193 Å². The first-order valence-electron chi connectivity index (χ1n) is 11.7. The molecule has 1 saturated heterocycles. The Morgan fingerprint density at radius 2 is 1.91 bits per heavy atom. The number of aromatic nitrogens is 3. The highest BCUT2D eigenvalue weighted by Crippen LogP contribution is 2.32. The highest BCUT2D eigenvalue weighted by molar-refractivity contribution is 5.84. The molecule has 0 spiro atoms. The number of fused-ring (bicyclic) bond motifs is 3. The van der Waals surface area contributed by atoms with Crippen LogP contribution in [0.3, 0.4) is 0 Å². The van der Waals surface area contributed by atoms with Crippen LogP contribution in [0.2, 0.25) is 0 Å². The lowest BCUT2D eigenvalue weighted by Crippen LogP contribution is -2.54. The fourth-order valence-corrected chi connectivity index (χ4v) is 5.15. The maximum Gasteiger partial charge on any atom is 0.229 e. The highest BCUT2D eigenvalue weighted by atomic mass is 16.2. The normalized spacial score (nSPS) is 16.5. The lowest BCUT2D eigenvalue weighted by atomic mass is 9.96. The third kappa shape index (κ3) is 3.62. The number of nitrogens with zero attached hydrogens (tertiary/aromatic N) is 5. The molecule has 2 aliphatic rings. The number of rotatable bonds is 4. The Morgan fingerprint density at radius 1 is 1.09 bits per heavy atom. The van der Waals surface area contributed by atoms with Gasteiger partial charge in [-0.15, -0.1) is 0 Å². The van der Waals surface area contributed by atoms with Gasteiger partial charge in [-0.1, -0.05) is 36.4 Å². The first-order chi connectivity index (χ1) is 16.2. The maximum absolute atomic E-state index is 13.2. The molecule has 0 atom stereocenters. The van der Waals surface area contributed by atoms with E-state index in [1.54, 1.807) is 0 Å². The number of amides is 1. The number of benzene rings is 2. The molecule has 1 fully saturated rings. The van der Waals surface area contributed by atoms with Gasteiger partial charge in [0.05, 0.1) is 17.8 Å². The van der Waals surface area contributed by atoms with Gasteiger partial charge in [0.25, 0.3) is 0 Å². The molecule has 0 bridgehead atoms. The zero-order valence-electron chi connectivity index (χ0n) is 18.9. The molecule has 1 amide bonds. The Bertz CT molecular complexity index is 1340. The molecule has 7 nitrogen and oxygen atoms in total. The van der Waals surface area contributed by atoms with Crippen molar-refractivity contribution in [1.82, 2.24) is 24.8 Å². The van der Waals surface area contributed by atoms with Crippen molar-refractivity contribution >= 4 is 28.1 Å². The van der Waals surface area contributed by atoms with Crippen molar-refractivity contribution in [3.05, 3.63) is 71.5 Å². The van der Waals surface area contributed by atoms with Gasteiger partial charge in [0.15, 0.2) is 5.65 Å². The summed E-state index contributed by atoms with van der Waals surface area (Å²) < 4.78 is 1.95. The van der Waals surface area contributed by atoms with Crippen molar-refractivity contribution in [2.75, 3.05) is 38.1 Å². The van der Waals surface area contributed by atoms with E-state index in [-0.39, 0.29) is 11.8 Å². The number of hydrogen-bond acceptors (Lipinski definition) is 5. The summed E-state index contributed by atoms with van der Waals surface area (Å²) in [5, 5.41) is 10.4. The minimum atomic E-state index is 0.00814. The maximum atomic E-state index is 13.2. The topological polar surface area (TPSA) is 65.8 Å². The van der Waals surface area contributed by atoms with E-state index >= 15 is 0 Å². The van der Waals surface area contributed by atoms with E-state index in [2.05, 4.69) is 57.8 Å². The van der Waals surface area contributed by atoms with Crippen molar-refractivity contribution in [2.24, 2.45) is 5.92 Å². The second kappa shape index (κ2) is 8.15. The minimum absolute atomic E-state index is 0.00814. The van der Waals surface area contributed by atoms with Gasteiger partial charge in [-0.25, -0.2) is 4.98 Å². The lowest BCUT2D eigenvalue weighted by molar-refractivity contribution is -0.135. The van der Waals surface area contributed by atoms with Crippen LogP contribution in [0.4, 0.5) is 5.82 Å². The highest BCUT2D eigenvalue weighted by Gasteiger charge is 2.37. The van der Waals surface area contributed by atoms with Crippen LogP contribution in [-0.2, 0) is 24.2 Å². The van der Waals surface area contributed by atoms with E-state index in [9.17, 15) is 4.79 Å². The molecule has 7 heteroatoms. The van der Waals surface area contributed by atoms with Crippen molar-refractivity contribution in [2.45, 2.75) is 19.4 Å². The molecule has 4 heterocycles. The summed E-state index contributed by atoms with van der Waals surface area (Å²) >= 11 is 0. The van der Waals surface area contributed by atoms with Crippen LogP contribution in [0.15, 0.2) is 54.7 Å². The van der Waals surface area contributed by atoms with E-state index in [0.29, 0.717) is 6.54 Å². The molecule has 2 aliphatic heterocycles. The minimum Gasteiger partial charge on any atom is -0.354 e. The molecule has 6 rings (SSSR count). The summed E-state index contributed by atoms with van der Waals surface area (Å²) in [5.74, 6) is 1.33. The molecule has 0 unspecified atom stereocenters. The van der Waals surface area contributed by atoms with Gasteiger partial charge in [0, 0.05) is 51.3 Å². The molecule has 2 aromatic heterocycles. The molecule has 0 aliphatic carbocycles. The SMILES string of the molecule is CN(Cc1ccc2ccccc2c1)C(=O)C1CN(c2c3c(nc4ccnn24)CCNCC3)C1. The molecule has 33 heavy (non-hydrogen) atoms. The molecule has 4 aromatic rings. The van der Waals surface area contributed by atoms with Gasteiger partial charge in [-0.05, 0) is 35.4 Å². The van der Waals surface area contributed by atoms with Gasteiger partial charge >= 0.3 is 0 Å². The predicted octanol–water partition coefficient (Wildman–Crippen LogP) is 2.67. The molecule has 2 aromatic carbocycles. The number of anilines is 1.